The minimum atomic E-state index is -0.828. The fourth-order valence-corrected chi connectivity index (χ4v) is 2.72. The van der Waals surface area contributed by atoms with Crippen molar-refractivity contribution in [3.05, 3.63) is 73.8 Å². The molecule has 0 radical (unpaired) electrons. The topological polar surface area (TPSA) is 66.6 Å². The predicted molar refractivity (Wildman–Crippen MR) is 90.9 cm³/mol. The molecule has 2 rings (SSSR count). The maximum atomic E-state index is 10.8. The summed E-state index contributed by atoms with van der Waals surface area (Å²) < 4.78 is 0. The summed E-state index contributed by atoms with van der Waals surface area (Å²) in [7, 11) is 1.84. The SMILES string of the molecule is CN(Cc1ccc(Cl)cc1Cl)CC(O)c1cccc([N+](=O)[O-])c1. The molecule has 1 N–H and O–H groups in total. The highest BCUT2D eigenvalue weighted by molar-refractivity contribution is 6.35. The number of likely N-dealkylation sites (N-methyl/N-ethyl adjacent to an activating group) is 1. The van der Waals surface area contributed by atoms with Gasteiger partial charge in [0.1, 0.15) is 0 Å². The third kappa shape index (κ3) is 4.91. The lowest BCUT2D eigenvalue weighted by Crippen LogP contribution is -2.24. The number of halogens is 2. The molecule has 5 nitrogen and oxygen atoms in total. The number of benzene rings is 2. The minimum absolute atomic E-state index is 0.0371. The number of rotatable bonds is 6. The molecule has 7 heteroatoms. The van der Waals surface area contributed by atoms with E-state index in [1.54, 1.807) is 24.3 Å². The Morgan fingerprint density at radius 3 is 2.65 bits per heavy atom. The van der Waals surface area contributed by atoms with Gasteiger partial charge in [0.2, 0.25) is 0 Å². The normalized spacial score (nSPS) is 12.4. The third-order valence-electron chi connectivity index (χ3n) is 3.41. The number of hydrogen-bond donors (Lipinski definition) is 1. The molecule has 2 aromatic rings. The second kappa shape index (κ2) is 7.75. The van der Waals surface area contributed by atoms with Crippen LogP contribution in [0.1, 0.15) is 17.2 Å². The number of nitro benzene ring substituents is 1. The van der Waals surface area contributed by atoms with Crippen LogP contribution in [-0.4, -0.2) is 28.5 Å². The zero-order valence-electron chi connectivity index (χ0n) is 12.4. The number of nitrogens with zero attached hydrogens (tertiary/aromatic N) is 2. The van der Waals surface area contributed by atoms with E-state index in [1.807, 2.05) is 18.0 Å². The molecule has 23 heavy (non-hydrogen) atoms. The average Bonchev–Trinajstić information content (AvgIpc) is 2.50. The highest BCUT2D eigenvalue weighted by atomic mass is 35.5. The third-order valence-corrected chi connectivity index (χ3v) is 3.99. The lowest BCUT2D eigenvalue weighted by atomic mass is 10.1. The summed E-state index contributed by atoms with van der Waals surface area (Å²) in [4.78, 5) is 12.2. The first-order valence-electron chi connectivity index (χ1n) is 6.91. The van der Waals surface area contributed by atoms with Crippen LogP contribution in [0.2, 0.25) is 10.0 Å². The van der Waals surface area contributed by atoms with Gasteiger partial charge in [-0.1, -0.05) is 41.4 Å². The van der Waals surface area contributed by atoms with Crippen LogP contribution >= 0.6 is 23.2 Å². The first-order chi connectivity index (χ1) is 10.9. The number of nitro groups is 1. The maximum absolute atomic E-state index is 10.8. The van der Waals surface area contributed by atoms with Crippen molar-refractivity contribution in [2.45, 2.75) is 12.6 Å². The molecular formula is C16H16Cl2N2O3. The summed E-state index contributed by atoms with van der Waals surface area (Å²) >= 11 is 12.0. The Bertz CT molecular complexity index is 709. The molecule has 0 aromatic heterocycles. The van der Waals surface area contributed by atoms with Crippen molar-refractivity contribution in [2.75, 3.05) is 13.6 Å². The van der Waals surface area contributed by atoms with Gasteiger partial charge in [0.15, 0.2) is 0 Å². The van der Waals surface area contributed by atoms with Gasteiger partial charge in [-0.25, -0.2) is 0 Å². The number of hydrogen-bond acceptors (Lipinski definition) is 4. The minimum Gasteiger partial charge on any atom is -0.387 e. The Kier molecular flexibility index (Phi) is 5.96. The Balaban J connectivity index is 2.03. The molecule has 0 saturated heterocycles. The summed E-state index contributed by atoms with van der Waals surface area (Å²) in [6.07, 6.45) is -0.828. The van der Waals surface area contributed by atoms with Gasteiger partial charge < -0.3 is 5.11 Å². The summed E-state index contributed by atoms with van der Waals surface area (Å²) in [5.74, 6) is 0. The molecule has 0 aliphatic heterocycles. The Morgan fingerprint density at radius 2 is 2.00 bits per heavy atom. The van der Waals surface area contributed by atoms with Crippen LogP contribution in [0.3, 0.4) is 0 Å². The average molecular weight is 355 g/mol. The molecule has 0 heterocycles. The van der Waals surface area contributed by atoms with Crippen molar-refractivity contribution in [3.8, 4) is 0 Å². The molecule has 2 aromatic carbocycles. The maximum Gasteiger partial charge on any atom is 0.269 e. The van der Waals surface area contributed by atoms with Gasteiger partial charge in [-0.05, 0) is 30.3 Å². The Labute approximate surface area is 144 Å². The molecule has 0 saturated carbocycles. The molecule has 0 bridgehead atoms. The van der Waals surface area contributed by atoms with Crippen LogP contribution in [0.15, 0.2) is 42.5 Å². The predicted octanol–water partition coefficient (Wildman–Crippen LogP) is 4.07. The van der Waals surface area contributed by atoms with Crippen LogP contribution in [-0.2, 0) is 6.54 Å². The molecule has 0 amide bonds. The van der Waals surface area contributed by atoms with E-state index in [-0.39, 0.29) is 5.69 Å². The van der Waals surface area contributed by atoms with Gasteiger partial charge >= 0.3 is 0 Å². The van der Waals surface area contributed by atoms with Crippen molar-refractivity contribution in [1.29, 1.82) is 0 Å². The van der Waals surface area contributed by atoms with Gasteiger partial charge in [0.25, 0.3) is 5.69 Å². The van der Waals surface area contributed by atoms with Crippen LogP contribution < -0.4 is 0 Å². The van der Waals surface area contributed by atoms with Gasteiger partial charge in [-0.2, -0.15) is 0 Å². The lowest BCUT2D eigenvalue weighted by molar-refractivity contribution is -0.385. The summed E-state index contributed by atoms with van der Waals surface area (Å²) in [5.41, 5.74) is 1.36. The van der Waals surface area contributed by atoms with Crippen molar-refractivity contribution in [1.82, 2.24) is 4.90 Å². The first kappa shape index (κ1) is 17.7. The van der Waals surface area contributed by atoms with E-state index < -0.39 is 11.0 Å². The van der Waals surface area contributed by atoms with Gasteiger partial charge in [-0.15, -0.1) is 0 Å². The van der Waals surface area contributed by atoms with Crippen LogP contribution in [0.25, 0.3) is 0 Å². The van der Waals surface area contributed by atoms with Crippen LogP contribution in [0.5, 0.6) is 0 Å². The Hall–Kier alpha value is -1.66. The molecule has 0 spiro atoms. The van der Waals surface area contributed by atoms with Gasteiger partial charge in [0.05, 0.1) is 11.0 Å². The van der Waals surface area contributed by atoms with E-state index in [2.05, 4.69) is 0 Å². The second-order valence-corrected chi connectivity index (χ2v) is 6.14. The molecule has 0 aliphatic carbocycles. The largest absolute Gasteiger partial charge is 0.387 e. The van der Waals surface area contributed by atoms with E-state index in [0.717, 1.165) is 5.56 Å². The molecular weight excluding hydrogens is 339 g/mol. The highest BCUT2D eigenvalue weighted by Crippen LogP contribution is 2.24. The number of aliphatic hydroxyl groups excluding tert-OH is 1. The van der Waals surface area contributed by atoms with E-state index in [4.69, 9.17) is 23.2 Å². The summed E-state index contributed by atoms with van der Waals surface area (Å²) in [6.45, 7) is 0.849. The molecule has 122 valence electrons. The quantitative estimate of drug-likeness (QED) is 0.627. The molecule has 1 unspecified atom stereocenters. The second-order valence-electron chi connectivity index (χ2n) is 5.30. The van der Waals surface area contributed by atoms with Gasteiger partial charge in [-0.3, -0.25) is 15.0 Å². The van der Waals surface area contributed by atoms with E-state index in [0.29, 0.717) is 28.7 Å². The lowest BCUT2D eigenvalue weighted by Gasteiger charge is -2.21. The Morgan fingerprint density at radius 1 is 1.26 bits per heavy atom. The fourth-order valence-electron chi connectivity index (χ4n) is 2.25. The van der Waals surface area contributed by atoms with Crippen molar-refractivity contribution in [2.24, 2.45) is 0 Å². The highest BCUT2D eigenvalue weighted by Gasteiger charge is 2.15. The smallest absolute Gasteiger partial charge is 0.269 e. The zero-order valence-corrected chi connectivity index (χ0v) is 14.0. The van der Waals surface area contributed by atoms with Crippen LogP contribution in [0, 0.1) is 10.1 Å². The number of non-ortho nitro benzene ring substituents is 1. The molecule has 1 atom stereocenters. The van der Waals surface area contributed by atoms with Crippen molar-refractivity contribution < 1.29 is 10.0 Å². The summed E-state index contributed by atoms with van der Waals surface area (Å²) in [5, 5.41) is 22.2. The first-order valence-corrected chi connectivity index (χ1v) is 7.67. The monoisotopic (exact) mass is 354 g/mol. The molecule has 0 aliphatic rings. The summed E-state index contributed by atoms with van der Waals surface area (Å²) in [6, 6.07) is 11.3. The van der Waals surface area contributed by atoms with Crippen molar-refractivity contribution in [3.63, 3.8) is 0 Å². The fraction of sp³-hybridized carbons (Fsp3) is 0.250. The van der Waals surface area contributed by atoms with Crippen LogP contribution in [0.4, 0.5) is 5.69 Å². The van der Waals surface area contributed by atoms with E-state index in [1.165, 1.54) is 12.1 Å². The van der Waals surface area contributed by atoms with E-state index >= 15 is 0 Å². The van der Waals surface area contributed by atoms with Gasteiger partial charge in [0, 0.05) is 35.3 Å². The van der Waals surface area contributed by atoms with Crippen molar-refractivity contribution >= 4 is 28.9 Å². The number of aliphatic hydroxyl groups is 1. The molecule has 0 fully saturated rings. The standard InChI is InChI=1S/C16H16Cl2N2O3/c1-19(9-12-5-6-13(17)8-15(12)18)10-16(21)11-3-2-4-14(7-11)20(22)23/h2-8,16,21H,9-10H2,1H3. The zero-order chi connectivity index (χ0) is 17.0. The van der Waals surface area contributed by atoms with E-state index in [9.17, 15) is 15.2 Å².